The van der Waals surface area contributed by atoms with Crippen LogP contribution >= 0.6 is 0 Å². The number of hydrogen-bond acceptors (Lipinski definition) is 3. The van der Waals surface area contributed by atoms with Gasteiger partial charge in [-0.25, -0.2) is 0 Å². The molecule has 0 saturated carbocycles. The Bertz CT molecular complexity index is 655. The fraction of sp³-hybridized carbons (Fsp3) is 0.278. The lowest BCUT2D eigenvalue weighted by Gasteiger charge is -2.10. The minimum absolute atomic E-state index is 0.0187. The predicted octanol–water partition coefficient (Wildman–Crippen LogP) is 3.29. The molecule has 3 rings (SSSR count). The van der Waals surface area contributed by atoms with Crippen molar-refractivity contribution in [2.24, 2.45) is 0 Å². The summed E-state index contributed by atoms with van der Waals surface area (Å²) in [5, 5.41) is 12.2. The third kappa shape index (κ3) is 3.39. The first-order chi connectivity index (χ1) is 10.7. The summed E-state index contributed by atoms with van der Waals surface area (Å²) in [5.74, 6) is 0.0500. The third-order valence-electron chi connectivity index (χ3n) is 3.93. The smallest absolute Gasteiger partial charge is 0.304 e. The molecule has 0 amide bonds. The zero-order valence-electron chi connectivity index (χ0n) is 12.3. The Balaban J connectivity index is 1.62. The molecule has 1 aliphatic rings. The van der Waals surface area contributed by atoms with Crippen molar-refractivity contribution in [3.05, 3.63) is 59.7 Å². The Labute approximate surface area is 129 Å². The minimum Gasteiger partial charge on any atom is -0.493 e. The van der Waals surface area contributed by atoms with Gasteiger partial charge in [0.05, 0.1) is 13.0 Å². The van der Waals surface area contributed by atoms with E-state index in [0.717, 1.165) is 23.4 Å². The highest BCUT2D eigenvalue weighted by atomic mass is 16.5. The van der Waals surface area contributed by atoms with E-state index >= 15 is 0 Å². The van der Waals surface area contributed by atoms with Crippen LogP contribution in [-0.4, -0.2) is 24.2 Å². The van der Waals surface area contributed by atoms with Gasteiger partial charge in [-0.1, -0.05) is 30.3 Å². The zero-order chi connectivity index (χ0) is 15.4. The van der Waals surface area contributed by atoms with Crippen LogP contribution in [0.5, 0.6) is 5.75 Å². The molecule has 2 aromatic rings. The largest absolute Gasteiger partial charge is 0.493 e. The molecule has 1 heterocycles. The van der Waals surface area contributed by atoms with Crippen molar-refractivity contribution < 1.29 is 14.6 Å². The molecule has 0 saturated heterocycles. The summed E-state index contributed by atoms with van der Waals surface area (Å²) in [6.45, 7) is 1.29. The quantitative estimate of drug-likeness (QED) is 0.859. The van der Waals surface area contributed by atoms with Crippen LogP contribution in [0.15, 0.2) is 48.5 Å². The van der Waals surface area contributed by atoms with Crippen molar-refractivity contribution in [2.45, 2.75) is 18.8 Å². The fourth-order valence-corrected chi connectivity index (χ4v) is 2.80. The van der Waals surface area contributed by atoms with E-state index in [-0.39, 0.29) is 12.3 Å². The number of nitrogens with one attached hydrogen (secondary N) is 1. The van der Waals surface area contributed by atoms with E-state index < -0.39 is 5.97 Å². The van der Waals surface area contributed by atoms with Crippen LogP contribution in [0, 0.1) is 0 Å². The number of anilines is 1. The monoisotopic (exact) mass is 297 g/mol. The molecule has 0 spiro atoms. The van der Waals surface area contributed by atoms with E-state index in [1.165, 1.54) is 5.56 Å². The summed E-state index contributed by atoms with van der Waals surface area (Å²) in [6, 6.07) is 16.1. The molecule has 114 valence electrons. The second kappa shape index (κ2) is 6.52. The summed E-state index contributed by atoms with van der Waals surface area (Å²) in [5.41, 5.74) is 3.30. The van der Waals surface area contributed by atoms with Gasteiger partial charge in [0.1, 0.15) is 5.75 Å². The van der Waals surface area contributed by atoms with Crippen LogP contribution in [0.4, 0.5) is 5.69 Å². The van der Waals surface area contributed by atoms with Crippen LogP contribution in [0.25, 0.3) is 0 Å². The van der Waals surface area contributed by atoms with Gasteiger partial charge in [0, 0.05) is 24.6 Å². The number of carbonyl (C=O) groups is 1. The number of fused-ring (bicyclic) bond motifs is 1. The minimum atomic E-state index is -0.768. The molecule has 0 bridgehead atoms. The number of carboxylic acid groups (broad SMARTS) is 1. The third-order valence-corrected chi connectivity index (χ3v) is 3.93. The number of carboxylic acids is 1. The second-order valence-electron chi connectivity index (χ2n) is 5.51. The predicted molar refractivity (Wildman–Crippen MR) is 85.6 cm³/mol. The molecular weight excluding hydrogens is 278 g/mol. The van der Waals surface area contributed by atoms with Crippen molar-refractivity contribution in [3.63, 3.8) is 0 Å². The normalized spacial score (nSPS) is 15.9. The number of hydrogen-bond donors (Lipinski definition) is 2. The van der Waals surface area contributed by atoms with Crippen molar-refractivity contribution in [1.29, 1.82) is 0 Å². The first-order valence-electron chi connectivity index (χ1n) is 7.49. The van der Waals surface area contributed by atoms with E-state index in [2.05, 4.69) is 17.4 Å². The molecule has 0 aliphatic carbocycles. The van der Waals surface area contributed by atoms with Crippen LogP contribution in [0.2, 0.25) is 0 Å². The molecule has 4 heteroatoms. The molecule has 0 aromatic heterocycles. The van der Waals surface area contributed by atoms with Gasteiger partial charge >= 0.3 is 5.97 Å². The number of aliphatic carboxylic acids is 1. The van der Waals surface area contributed by atoms with Crippen LogP contribution in [-0.2, 0) is 11.2 Å². The molecular formula is C18H19NO3. The first-order valence-corrected chi connectivity index (χ1v) is 7.49. The molecule has 1 atom stereocenters. The maximum Gasteiger partial charge on any atom is 0.304 e. The van der Waals surface area contributed by atoms with Gasteiger partial charge < -0.3 is 15.2 Å². The molecule has 22 heavy (non-hydrogen) atoms. The Morgan fingerprint density at radius 3 is 2.82 bits per heavy atom. The summed E-state index contributed by atoms with van der Waals surface area (Å²) < 4.78 is 5.81. The van der Waals surface area contributed by atoms with Gasteiger partial charge in [0.15, 0.2) is 0 Å². The SMILES string of the molecule is O=C(O)CC1CNc2ccc(OCCc3ccccc3)cc21. The maximum absolute atomic E-state index is 10.9. The van der Waals surface area contributed by atoms with Crippen LogP contribution < -0.4 is 10.1 Å². The molecule has 2 N–H and O–H groups in total. The van der Waals surface area contributed by atoms with Gasteiger partial charge in [-0.15, -0.1) is 0 Å². The Kier molecular flexibility index (Phi) is 4.28. The summed E-state index contributed by atoms with van der Waals surface area (Å²) in [6.07, 6.45) is 1.00. The van der Waals surface area contributed by atoms with Gasteiger partial charge in [0.2, 0.25) is 0 Å². The number of ether oxygens (including phenoxy) is 1. The maximum atomic E-state index is 10.9. The Hall–Kier alpha value is -2.49. The van der Waals surface area contributed by atoms with Crippen LogP contribution in [0.1, 0.15) is 23.5 Å². The number of benzene rings is 2. The van der Waals surface area contributed by atoms with Gasteiger partial charge in [-0.05, 0) is 29.3 Å². The van der Waals surface area contributed by atoms with Crippen LogP contribution in [0.3, 0.4) is 0 Å². The lowest BCUT2D eigenvalue weighted by Crippen LogP contribution is -2.08. The number of rotatable bonds is 6. The highest BCUT2D eigenvalue weighted by Crippen LogP contribution is 2.36. The lowest BCUT2D eigenvalue weighted by atomic mass is 9.98. The summed E-state index contributed by atoms with van der Waals surface area (Å²) >= 11 is 0. The molecule has 0 fully saturated rings. The van der Waals surface area contributed by atoms with Gasteiger partial charge in [-0.2, -0.15) is 0 Å². The summed E-state index contributed by atoms with van der Waals surface area (Å²) in [7, 11) is 0. The Morgan fingerprint density at radius 2 is 2.05 bits per heavy atom. The second-order valence-corrected chi connectivity index (χ2v) is 5.51. The molecule has 4 nitrogen and oxygen atoms in total. The van der Waals surface area contributed by atoms with Gasteiger partial charge in [0.25, 0.3) is 0 Å². The lowest BCUT2D eigenvalue weighted by molar-refractivity contribution is -0.137. The summed E-state index contributed by atoms with van der Waals surface area (Å²) in [4.78, 5) is 10.9. The average Bonchev–Trinajstić information content (AvgIpc) is 2.90. The molecule has 1 unspecified atom stereocenters. The molecule has 1 aliphatic heterocycles. The Morgan fingerprint density at radius 1 is 1.23 bits per heavy atom. The highest BCUT2D eigenvalue weighted by Gasteiger charge is 2.24. The van der Waals surface area contributed by atoms with Crippen molar-refractivity contribution in [1.82, 2.24) is 0 Å². The van der Waals surface area contributed by atoms with Crippen molar-refractivity contribution >= 4 is 11.7 Å². The van der Waals surface area contributed by atoms with E-state index in [4.69, 9.17) is 9.84 Å². The molecule has 0 radical (unpaired) electrons. The van der Waals surface area contributed by atoms with E-state index in [0.29, 0.717) is 13.2 Å². The molecule has 2 aromatic carbocycles. The first kappa shape index (κ1) is 14.4. The standard InChI is InChI=1S/C18H19NO3/c20-18(21)10-14-12-19-17-7-6-15(11-16(14)17)22-9-8-13-4-2-1-3-5-13/h1-7,11,14,19H,8-10,12H2,(H,20,21). The van der Waals surface area contributed by atoms with E-state index in [9.17, 15) is 4.79 Å². The van der Waals surface area contributed by atoms with Crippen molar-refractivity contribution in [2.75, 3.05) is 18.5 Å². The van der Waals surface area contributed by atoms with Crippen molar-refractivity contribution in [3.8, 4) is 5.75 Å². The fourth-order valence-electron chi connectivity index (χ4n) is 2.80. The topological polar surface area (TPSA) is 58.6 Å². The van der Waals surface area contributed by atoms with E-state index in [1.807, 2.05) is 36.4 Å². The van der Waals surface area contributed by atoms with Gasteiger partial charge in [-0.3, -0.25) is 4.79 Å². The van der Waals surface area contributed by atoms with E-state index in [1.54, 1.807) is 0 Å². The highest BCUT2D eigenvalue weighted by molar-refractivity contribution is 5.71. The average molecular weight is 297 g/mol. The zero-order valence-corrected chi connectivity index (χ0v) is 12.3.